The van der Waals surface area contributed by atoms with Gasteiger partial charge < -0.3 is 9.84 Å². The summed E-state index contributed by atoms with van der Waals surface area (Å²) in [6.07, 6.45) is 4.98. The minimum absolute atomic E-state index is 0.0770. The van der Waals surface area contributed by atoms with E-state index in [-0.39, 0.29) is 12.8 Å². The highest BCUT2D eigenvalue weighted by atomic mass is 16.5. The van der Waals surface area contributed by atoms with Crippen molar-refractivity contribution in [3.63, 3.8) is 0 Å². The number of unbranched alkanes of at least 4 members (excludes halogenated alkanes) is 4. The summed E-state index contributed by atoms with van der Waals surface area (Å²) in [5, 5.41) is 9.42. The second-order valence-electron chi connectivity index (χ2n) is 5.79. The summed E-state index contributed by atoms with van der Waals surface area (Å²) in [5.74, 6) is -3.38. The van der Waals surface area contributed by atoms with Crippen molar-refractivity contribution in [3.8, 4) is 0 Å². The van der Waals surface area contributed by atoms with Crippen LogP contribution in [0.4, 0.5) is 0 Å². The number of rotatable bonds is 13. The summed E-state index contributed by atoms with van der Waals surface area (Å²) in [4.78, 5) is 48.8. The summed E-state index contributed by atoms with van der Waals surface area (Å²) in [5.41, 5.74) is 0. The first-order valence-electron chi connectivity index (χ1n) is 8.77. The quantitative estimate of drug-likeness (QED) is 0.309. The lowest BCUT2D eigenvalue weighted by Gasteiger charge is -2.27. The van der Waals surface area contributed by atoms with Crippen molar-refractivity contribution >= 4 is 23.8 Å². The predicted molar refractivity (Wildman–Crippen MR) is 92.5 cm³/mol. The summed E-state index contributed by atoms with van der Waals surface area (Å²) >= 11 is 0. The highest BCUT2D eigenvalue weighted by Gasteiger charge is 2.36. The van der Waals surface area contributed by atoms with Crippen molar-refractivity contribution in [1.82, 2.24) is 4.90 Å². The van der Waals surface area contributed by atoms with E-state index in [1.54, 1.807) is 0 Å². The van der Waals surface area contributed by atoms with Crippen LogP contribution in [0.25, 0.3) is 0 Å². The Bertz CT molecular complexity index is 452. The number of carboxylic acid groups (broad SMARTS) is 1. The predicted octanol–water partition coefficient (Wildman–Crippen LogP) is 3.03. The number of carboxylic acids is 1. The van der Waals surface area contributed by atoms with Gasteiger partial charge in [-0.1, -0.05) is 46.1 Å². The number of nitrogens with zero attached hydrogens (tertiary/aromatic N) is 1. The van der Waals surface area contributed by atoms with Crippen LogP contribution in [0.15, 0.2) is 12.8 Å². The van der Waals surface area contributed by atoms with Crippen LogP contribution >= 0.6 is 0 Å². The Kier molecular flexibility index (Phi) is 12.0. The fraction of sp³-hybridized carbons (Fsp3) is 0.667. The second-order valence-corrected chi connectivity index (χ2v) is 5.79. The molecule has 0 aromatic carbocycles. The lowest BCUT2D eigenvalue weighted by Crippen LogP contribution is -2.49. The van der Waals surface area contributed by atoms with Crippen LogP contribution in [0, 0.1) is 0 Å². The minimum Gasteiger partial charge on any atom is -0.480 e. The first-order chi connectivity index (χ1) is 11.9. The molecular formula is C18H29NO6. The molecule has 0 aliphatic carbocycles. The van der Waals surface area contributed by atoms with Gasteiger partial charge in [-0.2, -0.15) is 0 Å². The van der Waals surface area contributed by atoms with Crippen LogP contribution in [0.5, 0.6) is 0 Å². The van der Waals surface area contributed by atoms with E-state index in [1.165, 1.54) is 0 Å². The molecule has 1 atom stereocenters. The van der Waals surface area contributed by atoms with Crippen molar-refractivity contribution in [2.75, 3.05) is 0 Å². The van der Waals surface area contributed by atoms with E-state index in [9.17, 15) is 24.3 Å². The first-order valence-corrected chi connectivity index (χ1v) is 8.77. The van der Waals surface area contributed by atoms with Gasteiger partial charge in [0.2, 0.25) is 11.8 Å². The molecule has 2 amide bonds. The number of hydrogen-bond acceptors (Lipinski definition) is 5. The summed E-state index contributed by atoms with van der Waals surface area (Å²) < 4.78 is 4.54. The van der Waals surface area contributed by atoms with Gasteiger partial charge in [-0.25, -0.2) is 4.79 Å². The normalized spacial score (nSPS) is 11.4. The maximum atomic E-state index is 12.4. The third-order valence-corrected chi connectivity index (χ3v) is 3.70. The SMILES string of the molecule is C=COC(=O)CC(C(=O)O)N(C(=O)CCCCC)C(=O)CCCCC. The van der Waals surface area contributed by atoms with Crippen molar-refractivity contribution in [3.05, 3.63) is 12.8 Å². The first kappa shape index (κ1) is 22.8. The number of carbonyl (C=O) groups excluding carboxylic acids is 3. The molecule has 0 aromatic heterocycles. The van der Waals surface area contributed by atoms with E-state index < -0.39 is 36.2 Å². The van der Waals surface area contributed by atoms with Gasteiger partial charge in [0.15, 0.2) is 0 Å². The molecule has 0 aliphatic heterocycles. The monoisotopic (exact) mass is 355 g/mol. The molecule has 25 heavy (non-hydrogen) atoms. The van der Waals surface area contributed by atoms with Crippen LogP contribution in [0.2, 0.25) is 0 Å². The van der Waals surface area contributed by atoms with Gasteiger partial charge in [-0.15, -0.1) is 0 Å². The van der Waals surface area contributed by atoms with Gasteiger partial charge >= 0.3 is 11.9 Å². The van der Waals surface area contributed by atoms with E-state index >= 15 is 0 Å². The molecule has 142 valence electrons. The lowest BCUT2D eigenvalue weighted by atomic mass is 10.1. The molecule has 0 fully saturated rings. The van der Waals surface area contributed by atoms with Crippen molar-refractivity contribution in [2.45, 2.75) is 77.7 Å². The maximum Gasteiger partial charge on any atom is 0.327 e. The zero-order valence-electron chi connectivity index (χ0n) is 15.2. The standard InChI is InChI=1S/C18H29NO6/c1-4-7-9-11-15(20)19(16(21)12-10-8-5-2)14(18(23)24)13-17(22)25-6-3/h6,14H,3-5,7-13H2,1-2H3,(H,23,24). The molecular weight excluding hydrogens is 326 g/mol. The average molecular weight is 355 g/mol. The number of ether oxygens (including phenoxy) is 1. The smallest absolute Gasteiger partial charge is 0.327 e. The summed E-state index contributed by atoms with van der Waals surface area (Å²) in [7, 11) is 0. The van der Waals surface area contributed by atoms with E-state index in [4.69, 9.17) is 0 Å². The van der Waals surface area contributed by atoms with Gasteiger partial charge in [0.1, 0.15) is 6.04 Å². The minimum atomic E-state index is -1.56. The molecule has 0 bridgehead atoms. The Labute approximate surface area is 149 Å². The summed E-state index contributed by atoms with van der Waals surface area (Å²) in [6.45, 7) is 7.18. The van der Waals surface area contributed by atoms with Crippen LogP contribution < -0.4 is 0 Å². The van der Waals surface area contributed by atoms with Crippen LogP contribution in [0.3, 0.4) is 0 Å². The molecule has 0 aliphatic rings. The number of aliphatic carboxylic acids is 1. The van der Waals surface area contributed by atoms with Gasteiger partial charge in [0.25, 0.3) is 0 Å². The molecule has 7 heteroatoms. The summed E-state index contributed by atoms with van der Waals surface area (Å²) in [6, 6.07) is -1.56. The van der Waals surface area contributed by atoms with Gasteiger partial charge in [0.05, 0.1) is 12.7 Å². The Morgan fingerprint density at radius 3 is 1.84 bits per heavy atom. The van der Waals surface area contributed by atoms with Gasteiger partial charge in [-0.3, -0.25) is 19.3 Å². The fourth-order valence-corrected chi connectivity index (χ4v) is 2.37. The van der Waals surface area contributed by atoms with Crippen molar-refractivity contribution < 1.29 is 29.0 Å². The van der Waals surface area contributed by atoms with Crippen LogP contribution in [0.1, 0.15) is 71.6 Å². The second kappa shape index (κ2) is 13.1. The van der Waals surface area contributed by atoms with Crippen LogP contribution in [-0.2, 0) is 23.9 Å². The average Bonchev–Trinajstić information content (AvgIpc) is 2.54. The molecule has 0 saturated heterocycles. The Balaban J connectivity index is 5.28. The third kappa shape index (κ3) is 9.02. The molecule has 1 unspecified atom stereocenters. The fourth-order valence-electron chi connectivity index (χ4n) is 2.37. The molecule has 0 spiro atoms. The van der Waals surface area contributed by atoms with Crippen LogP contribution in [-0.4, -0.2) is 39.8 Å². The molecule has 1 N–H and O–H groups in total. The number of hydrogen-bond donors (Lipinski definition) is 1. The molecule has 0 rings (SSSR count). The topological polar surface area (TPSA) is 101 Å². The lowest BCUT2D eigenvalue weighted by molar-refractivity contribution is -0.160. The van der Waals surface area contributed by atoms with Gasteiger partial charge in [-0.05, 0) is 12.8 Å². The zero-order chi connectivity index (χ0) is 19.2. The largest absolute Gasteiger partial charge is 0.480 e. The zero-order valence-corrected chi connectivity index (χ0v) is 15.2. The van der Waals surface area contributed by atoms with E-state index in [2.05, 4.69) is 11.3 Å². The number of esters is 1. The van der Waals surface area contributed by atoms with E-state index in [0.717, 1.165) is 36.8 Å². The Hall–Kier alpha value is -2.18. The molecule has 0 aromatic rings. The molecule has 0 radical (unpaired) electrons. The number of carbonyl (C=O) groups is 4. The molecule has 0 heterocycles. The highest BCUT2D eigenvalue weighted by molar-refractivity contribution is 6.00. The molecule has 7 nitrogen and oxygen atoms in total. The van der Waals surface area contributed by atoms with Gasteiger partial charge in [0, 0.05) is 12.8 Å². The number of imide groups is 1. The highest BCUT2D eigenvalue weighted by Crippen LogP contribution is 2.15. The Morgan fingerprint density at radius 2 is 1.48 bits per heavy atom. The Morgan fingerprint density at radius 1 is 1.00 bits per heavy atom. The van der Waals surface area contributed by atoms with E-state index in [1.807, 2.05) is 13.8 Å². The third-order valence-electron chi connectivity index (χ3n) is 3.70. The molecule has 0 saturated carbocycles. The number of amides is 2. The van der Waals surface area contributed by atoms with Crippen molar-refractivity contribution in [2.24, 2.45) is 0 Å². The van der Waals surface area contributed by atoms with Crippen molar-refractivity contribution in [1.29, 1.82) is 0 Å². The van der Waals surface area contributed by atoms with E-state index in [0.29, 0.717) is 12.8 Å². The maximum absolute atomic E-state index is 12.4.